The van der Waals surface area contributed by atoms with Crippen molar-refractivity contribution in [1.29, 1.82) is 0 Å². The minimum atomic E-state index is 0.846. The molecule has 2 nitrogen and oxygen atoms in total. The first-order valence-corrected chi connectivity index (χ1v) is 12.2. The Labute approximate surface area is 202 Å². The van der Waals surface area contributed by atoms with Gasteiger partial charge in [-0.3, -0.25) is 0 Å². The van der Waals surface area contributed by atoms with Crippen molar-refractivity contribution < 1.29 is 4.57 Å². The van der Waals surface area contributed by atoms with Crippen LogP contribution in [0.25, 0.3) is 33.7 Å². The lowest BCUT2D eigenvalue weighted by atomic mass is 9.96. The van der Waals surface area contributed by atoms with Gasteiger partial charge in [0.1, 0.15) is 0 Å². The van der Waals surface area contributed by atoms with Crippen molar-refractivity contribution in [1.82, 2.24) is 0 Å². The number of hydrogen-bond acceptors (Lipinski definition) is 1. The van der Waals surface area contributed by atoms with Gasteiger partial charge in [0.05, 0.1) is 0 Å². The van der Waals surface area contributed by atoms with Crippen LogP contribution in [0.1, 0.15) is 30.5 Å². The number of nitrogens with zero attached hydrogens (tertiary/aromatic N) is 2. The molecule has 34 heavy (non-hydrogen) atoms. The molecule has 0 amide bonds. The third kappa shape index (κ3) is 4.58. The lowest BCUT2D eigenvalue weighted by Gasteiger charge is -2.20. The Balaban J connectivity index is 1.36. The number of benzene rings is 4. The van der Waals surface area contributed by atoms with Crippen molar-refractivity contribution in [3.8, 4) is 0 Å². The lowest BCUT2D eigenvalue weighted by Crippen LogP contribution is -2.33. The van der Waals surface area contributed by atoms with E-state index < -0.39 is 0 Å². The largest absolute Gasteiger partial charge is 0.372 e. The zero-order valence-electron chi connectivity index (χ0n) is 20.0. The summed E-state index contributed by atoms with van der Waals surface area (Å²) in [5.41, 5.74) is 5.07. The highest BCUT2D eigenvalue weighted by molar-refractivity contribution is 6.02. The van der Waals surface area contributed by atoms with Crippen LogP contribution in [0.4, 0.5) is 5.69 Å². The molecular formula is C32H31N2+. The molecule has 0 saturated heterocycles. The Hall–Kier alpha value is -3.91. The molecule has 0 aliphatic rings. The molecule has 0 aliphatic carbocycles. The van der Waals surface area contributed by atoms with Crippen LogP contribution in [-0.4, -0.2) is 13.1 Å². The van der Waals surface area contributed by atoms with Gasteiger partial charge in [-0.15, -0.1) is 0 Å². The highest BCUT2D eigenvalue weighted by Gasteiger charge is 2.11. The standard InChI is InChI=1S/C32H31N2/c1-3-34(4-2)29-17-15-25(16-18-29)13-14-26-19-21-33(22-20-26)24-32-30-11-7-5-9-27(30)23-28-10-6-8-12-31(28)32/h5-23H,3-4,24H2,1-2H3/q+1. The predicted octanol–water partition coefficient (Wildman–Crippen LogP) is 7.35. The highest BCUT2D eigenvalue weighted by Crippen LogP contribution is 2.28. The average Bonchev–Trinajstić information content (AvgIpc) is 2.89. The number of pyridine rings is 1. The molecule has 0 unspecified atom stereocenters. The van der Waals surface area contributed by atoms with Crippen LogP contribution in [0.5, 0.6) is 0 Å². The smallest absolute Gasteiger partial charge is 0.175 e. The number of hydrogen-bond donors (Lipinski definition) is 0. The van der Waals surface area contributed by atoms with E-state index in [4.69, 9.17) is 0 Å². The van der Waals surface area contributed by atoms with E-state index in [9.17, 15) is 0 Å². The van der Waals surface area contributed by atoms with E-state index in [0.717, 1.165) is 19.6 Å². The van der Waals surface area contributed by atoms with E-state index in [2.05, 4.69) is 139 Å². The lowest BCUT2D eigenvalue weighted by molar-refractivity contribution is -0.688. The minimum Gasteiger partial charge on any atom is -0.372 e. The van der Waals surface area contributed by atoms with Crippen molar-refractivity contribution in [3.63, 3.8) is 0 Å². The molecule has 1 heterocycles. The summed E-state index contributed by atoms with van der Waals surface area (Å²) in [6, 6.07) is 32.9. The predicted molar refractivity (Wildman–Crippen MR) is 146 cm³/mol. The maximum atomic E-state index is 2.36. The summed E-state index contributed by atoms with van der Waals surface area (Å²) in [6.45, 7) is 7.30. The Kier molecular flexibility index (Phi) is 6.40. The second-order valence-electron chi connectivity index (χ2n) is 8.70. The van der Waals surface area contributed by atoms with E-state index in [0.29, 0.717) is 0 Å². The van der Waals surface area contributed by atoms with Crippen LogP contribution in [-0.2, 0) is 6.54 Å². The second kappa shape index (κ2) is 9.93. The molecule has 4 aromatic carbocycles. The molecule has 5 rings (SSSR count). The van der Waals surface area contributed by atoms with E-state index in [1.807, 2.05) is 0 Å². The van der Waals surface area contributed by atoms with Gasteiger partial charge in [-0.05, 0) is 64.7 Å². The first-order valence-electron chi connectivity index (χ1n) is 12.2. The van der Waals surface area contributed by atoms with Gasteiger partial charge < -0.3 is 4.90 Å². The number of aromatic nitrogens is 1. The van der Waals surface area contributed by atoms with Crippen LogP contribution in [0.15, 0.2) is 103 Å². The summed E-state index contributed by atoms with van der Waals surface area (Å²) in [5, 5.41) is 5.24. The molecule has 0 bridgehead atoms. The van der Waals surface area contributed by atoms with Crippen LogP contribution >= 0.6 is 0 Å². The van der Waals surface area contributed by atoms with E-state index in [-0.39, 0.29) is 0 Å². The van der Waals surface area contributed by atoms with Crippen LogP contribution in [0, 0.1) is 0 Å². The van der Waals surface area contributed by atoms with E-state index in [1.54, 1.807) is 0 Å². The summed E-state index contributed by atoms with van der Waals surface area (Å²) in [4.78, 5) is 2.36. The molecule has 0 radical (unpaired) electrons. The Morgan fingerprint density at radius 2 is 1.18 bits per heavy atom. The van der Waals surface area contributed by atoms with Gasteiger partial charge >= 0.3 is 0 Å². The summed E-state index contributed by atoms with van der Waals surface area (Å²) in [6.07, 6.45) is 8.73. The van der Waals surface area contributed by atoms with Crippen molar-refractivity contribution >= 4 is 39.4 Å². The van der Waals surface area contributed by atoms with Crippen molar-refractivity contribution in [2.45, 2.75) is 20.4 Å². The van der Waals surface area contributed by atoms with Crippen molar-refractivity contribution in [2.24, 2.45) is 0 Å². The number of rotatable bonds is 7. The molecule has 0 fully saturated rings. The first kappa shape index (κ1) is 21.9. The molecule has 0 atom stereocenters. The quantitative estimate of drug-likeness (QED) is 0.188. The van der Waals surface area contributed by atoms with Gasteiger partial charge in [0.2, 0.25) is 0 Å². The molecule has 0 N–H and O–H groups in total. The van der Waals surface area contributed by atoms with Crippen molar-refractivity contribution in [2.75, 3.05) is 18.0 Å². The molecule has 168 valence electrons. The second-order valence-corrected chi connectivity index (χ2v) is 8.70. The summed E-state index contributed by atoms with van der Waals surface area (Å²) in [7, 11) is 0. The van der Waals surface area contributed by atoms with Gasteiger partial charge in [0.25, 0.3) is 0 Å². The first-order chi connectivity index (χ1) is 16.7. The third-order valence-corrected chi connectivity index (χ3v) is 6.63. The monoisotopic (exact) mass is 443 g/mol. The van der Waals surface area contributed by atoms with Crippen LogP contribution in [0.2, 0.25) is 0 Å². The molecule has 2 heteroatoms. The van der Waals surface area contributed by atoms with E-state index in [1.165, 1.54) is 43.9 Å². The van der Waals surface area contributed by atoms with Gasteiger partial charge in [0.15, 0.2) is 18.9 Å². The summed E-state index contributed by atoms with van der Waals surface area (Å²) >= 11 is 0. The average molecular weight is 444 g/mol. The zero-order chi connectivity index (χ0) is 23.3. The summed E-state index contributed by atoms with van der Waals surface area (Å²) < 4.78 is 2.27. The maximum Gasteiger partial charge on any atom is 0.175 e. The highest BCUT2D eigenvalue weighted by atomic mass is 15.1. The van der Waals surface area contributed by atoms with Gasteiger partial charge in [-0.25, -0.2) is 4.57 Å². The van der Waals surface area contributed by atoms with Crippen LogP contribution < -0.4 is 9.47 Å². The van der Waals surface area contributed by atoms with Gasteiger partial charge in [0, 0.05) is 36.5 Å². The third-order valence-electron chi connectivity index (χ3n) is 6.63. The van der Waals surface area contributed by atoms with E-state index >= 15 is 0 Å². The number of anilines is 1. The minimum absolute atomic E-state index is 0.846. The van der Waals surface area contributed by atoms with Crippen molar-refractivity contribution in [3.05, 3.63) is 120 Å². The Bertz CT molecular complexity index is 1370. The summed E-state index contributed by atoms with van der Waals surface area (Å²) in [5.74, 6) is 0. The van der Waals surface area contributed by atoms with Gasteiger partial charge in [-0.1, -0.05) is 72.8 Å². The fraction of sp³-hybridized carbons (Fsp3) is 0.156. The topological polar surface area (TPSA) is 7.12 Å². The molecule has 5 aromatic rings. The fourth-order valence-corrected chi connectivity index (χ4v) is 4.72. The molecule has 1 aromatic heterocycles. The number of fused-ring (bicyclic) bond motifs is 2. The Morgan fingerprint density at radius 3 is 1.74 bits per heavy atom. The van der Waals surface area contributed by atoms with Gasteiger partial charge in [-0.2, -0.15) is 0 Å². The molecule has 0 spiro atoms. The SMILES string of the molecule is CCN(CC)c1ccc(/C=C/c2cc[n+](Cc3c4ccccc4cc4ccccc34)cc2)cc1. The normalized spacial score (nSPS) is 11.5. The fourth-order valence-electron chi connectivity index (χ4n) is 4.72. The van der Waals surface area contributed by atoms with Crippen LogP contribution in [0.3, 0.4) is 0 Å². The molecular weight excluding hydrogens is 412 g/mol. The maximum absolute atomic E-state index is 2.36. The Morgan fingerprint density at radius 1 is 0.647 bits per heavy atom. The molecule has 0 aliphatic heterocycles. The zero-order valence-corrected chi connectivity index (χ0v) is 20.0. The molecule has 0 saturated carbocycles.